The molecule has 0 radical (unpaired) electrons. The first-order valence-corrected chi connectivity index (χ1v) is 9.69. The van der Waals surface area contributed by atoms with Crippen molar-refractivity contribution >= 4 is 17.3 Å². The molecule has 2 heterocycles. The third kappa shape index (κ3) is 4.65. The Hall–Kier alpha value is -2.86. The summed E-state index contributed by atoms with van der Waals surface area (Å²) in [4.78, 5) is 25.0. The highest BCUT2D eigenvalue weighted by Crippen LogP contribution is 2.22. The van der Waals surface area contributed by atoms with E-state index >= 15 is 0 Å². The maximum absolute atomic E-state index is 12.7. The van der Waals surface area contributed by atoms with Gasteiger partial charge in [-0.15, -0.1) is 0 Å². The first-order chi connectivity index (χ1) is 13.1. The summed E-state index contributed by atoms with van der Waals surface area (Å²) in [5.41, 5.74) is 0.702. The lowest BCUT2D eigenvalue weighted by atomic mass is 10.1. The van der Waals surface area contributed by atoms with Crippen molar-refractivity contribution in [1.82, 2.24) is 4.57 Å². The van der Waals surface area contributed by atoms with Crippen LogP contribution in [0.1, 0.15) is 35.8 Å². The third-order valence-corrected chi connectivity index (χ3v) is 4.83. The molecule has 0 fully saturated rings. The minimum atomic E-state index is -0.641. The van der Waals surface area contributed by atoms with E-state index in [9.17, 15) is 9.59 Å². The number of nitrogens with zero attached hydrogens (tertiary/aromatic N) is 1. The van der Waals surface area contributed by atoms with Gasteiger partial charge in [-0.25, -0.2) is 4.79 Å². The van der Waals surface area contributed by atoms with Gasteiger partial charge in [-0.1, -0.05) is 18.2 Å². The molecular formula is C21H21NO4S. The van der Waals surface area contributed by atoms with Gasteiger partial charge in [0.15, 0.2) is 5.75 Å². The minimum absolute atomic E-state index is 0.0255. The Labute approximate surface area is 161 Å². The normalized spacial score (nSPS) is 11.8. The van der Waals surface area contributed by atoms with Crippen LogP contribution in [0.2, 0.25) is 0 Å². The molecule has 0 N–H and O–H groups in total. The number of aromatic nitrogens is 1. The molecule has 2 aromatic heterocycles. The number of carbonyl (C=O) groups is 1. The second kappa shape index (κ2) is 8.68. The smallest absolute Gasteiger partial charge is 0.343 e. The van der Waals surface area contributed by atoms with Crippen LogP contribution in [0.25, 0.3) is 0 Å². The van der Waals surface area contributed by atoms with E-state index in [0.717, 1.165) is 6.42 Å². The van der Waals surface area contributed by atoms with Crippen molar-refractivity contribution in [1.29, 1.82) is 0 Å². The van der Waals surface area contributed by atoms with Gasteiger partial charge in [-0.05, 0) is 54.8 Å². The number of hydrogen-bond donors (Lipinski definition) is 0. The van der Waals surface area contributed by atoms with Crippen molar-refractivity contribution in [2.75, 3.05) is 6.61 Å². The maximum atomic E-state index is 12.7. The first-order valence-electron chi connectivity index (χ1n) is 8.75. The molecule has 3 aromatic rings. The summed E-state index contributed by atoms with van der Waals surface area (Å²) in [7, 11) is 0. The topological polar surface area (TPSA) is 57.5 Å². The second-order valence-electron chi connectivity index (χ2n) is 6.13. The highest BCUT2D eigenvalue weighted by Gasteiger charge is 2.19. The SMILES string of the molecule is CCOC(=O)c1cn([C@@H](C)Cc2ccsc2)cc(Oc2ccccc2)c1=O. The van der Waals surface area contributed by atoms with Gasteiger partial charge in [0.05, 0.1) is 12.8 Å². The molecule has 0 unspecified atom stereocenters. The molecular weight excluding hydrogens is 362 g/mol. The lowest BCUT2D eigenvalue weighted by Crippen LogP contribution is -2.22. The second-order valence-corrected chi connectivity index (χ2v) is 6.91. The Morgan fingerprint density at radius 3 is 2.63 bits per heavy atom. The lowest BCUT2D eigenvalue weighted by Gasteiger charge is -2.18. The zero-order chi connectivity index (χ0) is 19.2. The van der Waals surface area contributed by atoms with E-state index in [2.05, 4.69) is 11.4 Å². The molecule has 5 nitrogen and oxygen atoms in total. The predicted molar refractivity (Wildman–Crippen MR) is 106 cm³/mol. The molecule has 1 atom stereocenters. The van der Waals surface area contributed by atoms with E-state index in [1.807, 2.05) is 35.1 Å². The maximum Gasteiger partial charge on any atom is 0.343 e. The largest absolute Gasteiger partial charge is 0.462 e. The number of thiophene rings is 1. The highest BCUT2D eigenvalue weighted by atomic mass is 32.1. The number of pyridine rings is 1. The number of esters is 1. The number of para-hydroxylation sites is 1. The van der Waals surface area contributed by atoms with E-state index in [1.54, 1.807) is 42.8 Å². The van der Waals surface area contributed by atoms with Crippen LogP contribution in [0.5, 0.6) is 11.5 Å². The van der Waals surface area contributed by atoms with Crippen molar-refractivity contribution in [2.24, 2.45) is 0 Å². The number of benzene rings is 1. The van der Waals surface area contributed by atoms with Crippen LogP contribution in [0, 0.1) is 0 Å². The summed E-state index contributed by atoms with van der Waals surface area (Å²) < 4.78 is 12.7. The molecule has 0 amide bonds. The van der Waals surface area contributed by atoms with Crippen LogP contribution >= 0.6 is 11.3 Å². The van der Waals surface area contributed by atoms with Gasteiger partial charge >= 0.3 is 5.97 Å². The third-order valence-electron chi connectivity index (χ3n) is 4.10. The Morgan fingerprint density at radius 2 is 1.96 bits per heavy atom. The Morgan fingerprint density at radius 1 is 1.19 bits per heavy atom. The molecule has 0 saturated heterocycles. The quantitative estimate of drug-likeness (QED) is 0.556. The Kier molecular flexibility index (Phi) is 6.08. The number of hydrogen-bond acceptors (Lipinski definition) is 5. The molecule has 0 spiro atoms. The van der Waals surface area contributed by atoms with Gasteiger partial charge in [0.1, 0.15) is 11.3 Å². The molecule has 140 valence electrons. The van der Waals surface area contributed by atoms with Gasteiger partial charge < -0.3 is 14.0 Å². The van der Waals surface area contributed by atoms with Crippen molar-refractivity contribution in [3.8, 4) is 11.5 Å². The molecule has 0 aliphatic rings. The summed E-state index contributed by atoms with van der Waals surface area (Å²) >= 11 is 1.64. The van der Waals surface area contributed by atoms with Crippen LogP contribution in [0.4, 0.5) is 0 Å². The van der Waals surface area contributed by atoms with Crippen molar-refractivity contribution in [3.63, 3.8) is 0 Å². The van der Waals surface area contributed by atoms with E-state index in [0.29, 0.717) is 5.75 Å². The summed E-state index contributed by atoms with van der Waals surface area (Å²) in [5, 5.41) is 4.12. The van der Waals surface area contributed by atoms with Crippen LogP contribution in [0.15, 0.2) is 64.3 Å². The van der Waals surface area contributed by atoms with Gasteiger partial charge in [0.2, 0.25) is 5.43 Å². The average Bonchev–Trinajstić information content (AvgIpc) is 3.17. The van der Waals surface area contributed by atoms with Crippen molar-refractivity contribution in [3.05, 3.63) is 80.9 Å². The fourth-order valence-corrected chi connectivity index (χ4v) is 3.41. The predicted octanol–water partition coefficient (Wildman–Crippen LogP) is 4.68. The van der Waals surface area contributed by atoms with Gasteiger partial charge in [0.25, 0.3) is 0 Å². The standard InChI is InChI=1S/C21H21NO4S/c1-3-25-21(24)18-12-22(15(2)11-16-9-10-27-14-16)13-19(20(18)23)26-17-7-5-4-6-8-17/h4-10,12-15H,3,11H2,1-2H3/t15-/m0/s1. The number of rotatable bonds is 7. The van der Waals surface area contributed by atoms with Crippen molar-refractivity contribution < 1.29 is 14.3 Å². The molecule has 6 heteroatoms. The zero-order valence-electron chi connectivity index (χ0n) is 15.3. The highest BCUT2D eigenvalue weighted by molar-refractivity contribution is 7.07. The summed E-state index contributed by atoms with van der Waals surface area (Å²) in [5.74, 6) is -0.00550. The van der Waals surface area contributed by atoms with Gasteiger partial charge in [-0.2, -0.15) is 11.3 Å². The van der Waals surface area contributed by atoms with Crippen LogP contribution in [-0.4, -0.2) is 17.1 Å². The van der Waals surface area contributed by atoms with E-state index < -0.39 is 11.4 Å². The molecule has 27 heavy (non-hydrogen) atoms. The van der Waals surface area contributed by atoms with E-state index in [4.69, 9.17) is 9.47 Å². The molecule has 0 aliphatic heterocycles. The molecule has 0 bridgehead atoms. The van der Waals surface area contributed by atoms with Gasteiger partial charge in [0, 0.05) is 12.2 Å². The Bertz CT molecular complexity index is 948. The fraction of sp³-hybridized carbons (Fsp3) is 0.238. The van der Waals surface area contributed by atoms with E-state index in [-0.39, 0.29) is 24.0 Å². The summed E-state index contributed by atoms with van der Waals surface area (Å²) in [6.07, 6.45) is 3.98. The molecule has 3 rings (SSSR count). The zero-order valence-corrected chi connectivity index (χ0v) is 16.1. The monoisotopic (exact) mass is 383 g/mol. The van der Waals surface area contributed by atoms with Crippen LogP contribution in [-0.2, 0) is 11.2 Å². The molecule has 1 aromatic carbocycles. The first kappa shape index (κ1) is 18.9. The molecule has 0 saturated carbocycles. The van der Waals surface area contributed by atoms with E-state index in [1.165, 1.54) is 5.56 Å². The van der Waals surface area contributed by atoms with Crippen LogP contribution < -0.4 is 10.2 Å². The van der Waals surface area contributed by atoms with Crippen molar-refractivity contribution in [2.45, 2.75) is 26.3 Å². The lowest BCUT2D eigenvalue weighted by molar-refractivity contribution is 0.0523. The fourth-order valence-electron chi connectivity index (χ4n) is 2.72. The average molecular weight is 383 g/mol. The number of ether oxygens (including phenoxy) is 2. The minimum Gasteiger partial charge on any atom is -0.462 e. The van der Waals surface area contributed by atoms with Gasteiger partial charge in [-0.3, -0.25) is 4.79 Å². The number of carbonyl (C=O) groups excluding carboxylic acids is 1. The van der Waals surface area contributed by atoms with Crippen LogP contribution in [0.3, 0.4) is 0 Å². The molecule has 0 aliphatic carbocycles. The summed E-state index contributed by atoms with van der Waals surface area (Å²) in [6.45, 7) is 3.94. The summed E-state index contributed by atoms with van der Waals surface area (Å²) in [6, 6.07) is 11.1. The Balaban J connectivity index is 1.99.